The zero-order valence-corrected chi connectivity index (χ0v) is 22.5. The van der Waals surface area contributed by atoms with Gasteiger partial charge in [0.1, 0.15) is 11.5 Å². The third-order valence-corrected chi connectivity index (χ3v) is 9.10. The average molecular weight is 546 g/mol. The van der Waals surface area contributed by atoms with Crippen LogP contribution >= 0.6 is 11.8 Å². The lowest BCUT2D eigenvalue weighted by molar-refractivity contribution is -0.126. The minimum atomic E-state index is -0.288. The summed E-state index contributed by atoms with van der Waals surface area (Å²) in [5.74, 6) is 0.913. The molecule has 9 nitrogen and oxygen atoms in total. The molecular weight excluding hydrogens is 514 g/mol. The summed E-state index contributed by atoms with van der Waals surface area (Å²) in [6.45, 7) is 7.21. The normalized spacial score (nSPS) is 25.7. The Labute approximate surface area is 231 Å². The number of likely N-dealkylation sites (tertiary alicyclic amines) is 1. The van der Waals surface area contributed by atoms with Crippen LogP contribution in [0.15, 0.2) is 71.9 Å². The van der Waals surface area contributed by atoms with Crippen molar-refractivity contribution in [3.63, 3.8) is 0 Å². The molecule has 0 radical (unpaired) electrons. The lowest BCUT2D eigenvalue weighted by Gasteiger charge is -2.46. The van der Waals surface area contributed by atoms with Crippen molar-refractivity contribution in [1.82, 2.24) is 20.9 Å². The summed E-state index contributed by atoms with van der Waals surface area (Å²) in [5, 5.41) is 10.5. The molecule has 3 N–H and O–H groups in total. The van der Waals surface area contributed by atoms with E-state index in [4.69, 9.17) is 4.74 Å². The summed E-state index contributed by atoms with van der Waals surface area (Å²) in [5.41, 5.74) is 2.56. The van der Waals surface area contributed by atoms with E-state index >= 15 is 0 Å². The van der Waals surface area contributed by atoms with Crippen molar-refractivity contribution in [2.24, 2.45) is 11.8 Å². The molecule has 0 saturated carbocycles. The van der Waals surface area contributed by atoms with Gasteiger partial charge in [-0.25, -0.2) is 4.79 Å². The van der Waals surface area contributed by atoms with Gasteiger partial charge >= 0.3 is 6.03 Å². The Morgan fingerprint density at radius 2 is 1.97 bits per heavy atom. The quantitative estimate of drug-likeness (QED) is 0.479. The van der Waals surface area contributed by atoms with Gasteiger partial charge in [0.15, 0.2) is 0 Å². The van der Waals surface area contributed by atoms with Crippen LogP contribution in [0.25, 0.3) is 0 Å². The number of carbonyl (C=O) groups excluding carboxylic acids is 3. The molecule has 4 heterocycles. The van der Waals surface area contributed by atoms with Crippen LogP contribution in [0.1, 0.15) is 18.4 Å². The van der Waals surface area contributed by atoms with Crippen LogP contribution < -0.4 is 25.6 Å². The van der Waals surface area contributed by atoms with E-state index in [2.05, 4.69) is 22.5 Å². The van der Waals surface area contributed by atoms with E-state index in [9.17, 15) is 14.4 Å². The van der Waals surface area contributed by atoms with Crippen molar-refractivity contribution >= 4 is 35.3 Å². The highest BCUT2D eigenvalue weighted by atomic mass is 32.2. The van der Waals surface area contributed by atoms with Gasteiger partial charge in [-0.2, -0.15) is 0 Å². The van der Waals surface area contributed by atoms with Crippen LogP contribution in [0.4, 0.5) is 10.5 Å². The number of ether oxygens (including phenoxy) is 1. The van der Waals surface area contributed by atoms with E-state index in [1.165, 1.54) is 6.08 Å². The predicted octanol–water partition coefficient (Wildman–Crippen LogP) is 3.69. The molecule has 0 aromatic heterocycles. The van der Waals surface area contributed by atoms with Crippen LogP contribution in [0.5, 0.6) is 11.5 Å². The highest BCUT2D eigenvalue weighted by Gasteiger charge is 2.51. The zero-order valence-electron chi connectivity index (χ0n) is 21.7. The Kier molecular flexibility index (Phi) is 6.82. The number of piperidine rings is 1. The number of amides is 4. The van der Waals surface area contributed by atoms with Crippen LogP contribution in [-0.4, -0.2) is 53.8 Å². The van der Waals surface area contributed by atoms with Gasteiger partial charge in [-0.3, -0.25) is 14.5 Å². The molecule has 4 atom stereocenters. The second kappa shape index (κ2) is 10.4. The van der Waals surface area contributed by atoms with Crippen molar-refractivity contribution in [1.29, 1.82) is 0 Å². The first kappa shape index (κ1) is 25.5. The number of thioether (sulfide) groups is 1. The van der Waals surface area contributed by atoms with Gasteiger partial charge < -0.3 is 25.6 Å². The molecule has 4 aliphatic heterocycles. The average Bonchev–Trinajstić information content (AvgIpc) is 3.56. The molecule has 4 amide bonds. The number of rotatable bonds is 6. The Morgan fingerprint density at radius 3 is 2.74 bits per heavy atom. The molecule has 6 rings (SSSR count). The van der Waals surface area contributed by atoms with E-state index in [0.717, 1.165) is 35.7 Å². The van der Waals surface area contributed by atoms with Gasteiger partial charge in [0, 0.05) is 24.7 Å². The number of hydrogen-bond donors (Lipinski definition) is 3. The first-order valence-electron chi connectivity index (χ1n) is 13.2. The number of benzene rings is 2. The summed E-state index contributed by atoms with van der Waals surface area (Å²) in [7, 11) is 0. The smallest absolute Gasteiger partial charge is 0.326 e. The summed E-state index contributed by atoms with van der Waals surface area (Å²) >= 11 is 1.56. The third kappa shape index (κ3) is 4.79. The number of carbonyl (C=O) groups is 3. The first-order chi connectivity index (χ1) is 18.9. The maximum absolute atomic E-state index is 13.6. The van der Waals surface area contributed by atoms with Gasteiger partial charge in [0.05, 0.1) is 28.1 Å². The minimum absolute atomic E-state index is 0.0128. The molecule has 3 fully saturated rings. The minimum Gasteiger partial charge on any atom is -0.457 e. The second-order valence-electron chi connectivity index (χ2n) is 10.2. The van der Waals surface area contributed by atoms with Crippen LogP contribution in [0.2, 0.25) is 0 Å². The highest BCUT2D eigenvalue weighted by Crippen LogP contribution is 2.47. The fourth-order valence-electron chi connectivity index (χ4n) is 5.93. The number of para-hydroxylation sites is 1. The van der Waals surface area contributed by atoms with Gasteiger partial charge in [-0.05, 0) is 68.3 Å². The number of nitrogens with one attached hydrogen (secondary N) is 3. The predicted molar refractivity (Wildman–Crippen MR) is 150 cm³/mol. The van der Waals surface area contributed by atoms with Gasteiger partial charge in [0.2, 0.25) is 11.8 Å². The molecule has 3 saturated heterocycles. The van der Waals surface area contributed by atoms with Crippen molar-refractivity contribution in [3.8, 4) is 11.5 Å². The second-order valence-corrected chi connectivity index (χ2v) is 11.4. The fraction of sp³-hybridized carbons (Fsp3) is 0.345. The number of hydrogen-bond acceptors (Lipinski definition) is 6. The zero-order chi connectivity index (χ0) is 27.1. The van der Waals surface area contributed by atoms with E-state index in [1.807, 2.05) is 60.4 Å². The van der Waals surface area contributed by atoms with E-state index in [0.29, 0.717) is 30.3 Å². The summed E-state index contributed by atoms with van der Waals surface area (Å²) in [4.78, 5) is 42.1. The first-order valence-corrected chi connectivity index (χ1v) is 14.1. The van der Waals surface area contributed by atoms with Crippen molar-refractivity contribution < 1.29 is 19.1 Å². The number of aryl methyl sites for hydroxylation is 1. The molecule has 2 aromatic rings. The molecule has 0 aliphatic carbocycles. The van der Waals surface area contributed by atoms with Crippen molar-refractivity contribution in [2.75, 3.05) is 24.5 Å². The molecule has 2 aromatic carbocycles. The maximum atomic E-state index is 13.6. The highest BCUT2D eigenvalue weighted by molar-refractivity contribution is 8.03. The summed E-state index contributed by atoms with van der Waals surface area (Å²) in [6.07, 6.45) is 2.68. The lowest BCUT2D eigenvalue weighted by Crippen LogP contribution is -2.62. The SMILES string of the molecule is C=CC(=O)N1CC[C@@H](C(=O)NC2=C3NC(=O)N(c4ccc(Oc5ccccc5)cc4C)C4CCNC(S2)C34)C1. The molecule has 202 valence electrons. The molecule has 39 heavy (non-hydrogen) atoms. The molecule has 3 unspecified atom stereocenters. The van der Waals surface area contributed by atoms with E-state index < -0.39 is 0 Å². The van der Waals surface area contributed by atoms with Crippen LogP contribution in [0, 0.1) is 18.8 Å². The maximum Gasteiger partial charge on any atom is 0.326 e. The Hall–Kier alpha value is -3.76. The fourth-order valence-corrected chi connectivity index (χ4v) is 7.32. The Balaban J connectivity index is 1.21. The Morgan fingerprint density at radius 1 is 1.15 bits per heavy atom. The standard InChI is InChI=1S/C29H31N5O4S/c1-3-23(35)33-14-12-18(16-33)26(36)32-28-25-24-22(11-13-30-27(24)39-28)34(29(37)31-25)21-10-9-20(15-17(21)2)38-19-7-5-4-6-8-19/h3-10,15,18,22,24,27,30H,1,11-14,16H2,2H3,(H,31,37)(H,32,36)/t18-,22?,24?,27?/m1/s1. The topological polar surface area (TPSA) is 103 Å². The molecular formula is C29H31N5O4S. The monoisotopic (exact) mass is 545 g/mol. The van der Waals surface area contributed by atoms with Gasteiger partial charge in [-0.15, -0.1) is 0 Å². The number of nitrogens with zero attached hydrogens (tertiary/aromatic N) is 2. The van der Waals surface area contributed by atoms with E-state index in [1.54, 1.807) is 16.7 Å². The molecule has 10 heteroatoms. The van der Waals surface area contributed by atoms with Crippen LogP contribution in [-0.2, 0) is 9.59 Å². The van der Waals surface area contributed by atoms with Gasteiger partial charge in [0.25, 0.3) is 0 Å². The molecule has 4 aliphatic rings. The van der Waals surface area contributed by atoms with Crippen LogP contribution in [0.3, 0.4) is 0 Å². The van der Waals surface area contributed by atoms with Gasteiger partial charge in [-0.1, -0.05) is 36.5 Å². The molecule has 0 bridgehead atoms. The third-order valence-electron chi connectivity index (χ3n) is 7.83. The number of anilines is 1. The largest absolute Gasteiger partial charge is 0.457 e. The Bertz CT molecular complexity index is 1360. The van der Waals surface area contributed by atoms with E-state index in [-0.39, 0.29) is 41.1 Å². The lowest BCUT2D eigenvalue weighted by atomic mass is 9.86. The summed E-state index contributed by atoms with van der Waals surface area (Å²) < 4.78 is 5.99. The molecule has 0 spiro atoms. The summed E-state index contributed by atoms with van der Waals surface area (Å²) in [6, 6.07) is 15.1. The van der Waals surface area contributed by atoms with Crippen molar-refractivity contribution in [2.45, 2.75) is 31.2 Å². The number of urea groups is 1. The van der Waals surface area contributed by atoms with Crippen molar-refractivity contribution in [3.05, 3.63) is 77.5 Å².